The number of ether oxygens (including phenoxy) is 1. The Kier molecular flexibility index (Phi) is 7.48. The third-order valence-electron chi connectivity index (χ3n) is 4.16. The van der Waals surface area contributed by atoms with E-state index in [4.69, 9.17) is 9.73 Å². The number of allylic oxidation sites excluding steroid dienone is 2. The van der Waals surface area contributed by atoms with Gasteiger partial charge in [-0.05, 0) is 0 Å². The molecule has 0 fully saturated rings. The van der Waals surface area contributed by atoms with Gasteiger partial charge in [0.25, 0.3) is 0 Å². The number of benzene rings is 2. The molecule has 1 N–H and O–H groups in total. The first-order chi connectivity index (χ1) is 14.0. The molecular weight excluding hydrogens is 495 g/mol. The molecular formula is C23H23BrN2O2Se. The summed E-state index contributed by atoms with van der Waals surface area (Å²) >= 11 is 3.39. The van der Waals surface area contributed by atoms with Crippen molar-refractivity contribution >= 4 is 47.2 Å². The normalized spacial score (nSPS) is 16.7. The molecule has 1 heterocycles. The molecule has 1 aliphatic rings. The Labute approximate surface area is 186 Å². The minimum absolute atomic E-state index is 0.0777. The SMILES string of the molecule is COC(=O)C1=C(NCc2ccc(Br)cc2)C(=Nc2ccccc2)[Se]/C1=C\C(C)C. The van der Waals surface area contributed by atoms with Crippen molar-refractivity contribution in [3.8, 4) is 0 Å². The summed E-state index contributed by atoms with van der Waals surface area (Å²) in [4.78, 5) is 17.5. The fourth-order valence-electron chi connectivity index (χ4n) is 2.82. The van der Waals surface area contributed by atoms with Crippen LogP contribution >= 0.6 is 15.9 Å². The number of para-hydroxylation sites is 1. The first-order valence-electron chi connectivity index (χ1n) is 9.33. The summed E-state index contributed by atoms with van der Waals surface area (Å²) in [5, 5.41) is 3.46. The quantitative estimate of drug-likeness (QED) is 0.435. The number of nitrogens with one attached hydrogen (secondary N) is 1. The molecule has 2 aromatic carbocycles. The predicted molar refractivity (Wildman–Crippen MR) is 122 cm³/mol. The fourth-order valence-corrected chi connectivity index (χ4v) is 5.73. The third kappa shape index (κ3) is 5.69. The summed E-state index contributed by atoms with van der Waals surface area (Å²) in [5.74, 6) is 0.00525. The van der Waals surface area contributed by atoms with Crippen LogP contribution in [-0.2, 0) is 16.1 Å². The van der Waals surface area contributed by atoms with Crippen LogP contribution in [0.4, 0.5) is 5.69 Å². The summed E-state index contributed by atoms with van der Waals surface area (Å²) in [7, 11) is 1.42. The summed E-state index contributed by atoms with van der Waals surface area (Å²) in [5.41, 5.74) is 3.38. The van der Waals surface area contributed by atoms with Gasteiger partial charge in [-0.3, -0.25) is 0 Å². The molecule has 0 saturated heterocycles. The molecule has 6 heteroatoms. The molecule has 2 aromatic rings. The zero-order valence-corrected chi connectivity index (χ0v) is 19.9. The second-order valence-electron chi connectivity index (χ2n) is 6.85. The molecule has 0 unspecified atom stereocenters. The van der Waals surface area contributed by atoms with Crippen LogP contribution in [0, 0.1) is 5.92 Å². The molecule has 29 heavy (non-hydrogen) atoms. The van der Waals surface area contributed by atoms with Gasteiger partial charge >= 0.3 is 187 Å². The standard InChI is InChI=1S/C23H23BrN2O2Se/c1-15(2)13-19-20(23(27)28-3)21(25-14-16-9-11-17(24)12-10-16)22(29-19)26-18-7-5-4-6-8-18/h4-13,15,25H,14H2,1-3H3/b19-13-,26-22?. The van der Waals surface area contributed by atoms with Gasteiger partial charge in [-0.2, -0.15) is 0 Å². The minimum atomic E-state index is -0.324. The number of halogens is 1. The van der Waals surface area contributed by atoms with Crippen molar-refractivity contribution in [1.82, 2.24) is 5.32 Å². The Bertz CT molecular complexity index is 964. The van der Waals surface area contributed by atoms with Crippen molar-refractivity contribution < 1.29 is 9.53 Å². The molecule has 0 aliphatic carbocycles. The summed E-state index contributed by atoms with van der Waals surface area (Å²) in [6.45, 7) is 4.82. The zero-order valence-electron chi connectivity index (χ0n) is 16.6. The van der Waals surface area contributed by atoms with Crippen LogP contribution in [0.1, 0.15) is 19.4 Å². The van der Waals surface area contributed by atoms with Crippen molar-refractivity contribution in [2.75, 3.05) is 7.11 Å². The molecule has 0 radical (unpaired) electrons. The Morgan fingerprint density at radius 1 is 1.17 bits per heavy atom. The van der Waals surface area contributed by atoms with E-state index in [2.05, 4.69) is 53.3 Å². The van der Waals surface area contributed by atoms with E-state index in [1.165, 1.54) is 7.11 Å². The van der Waals surface area contributed by atoms with Gasteiger partial charge in [0.2, 0.25) is 0 Å². The summed E-state index contributed by atoms with van der Waals surface area (Å²) in [6.07, 6.45) is 2.14. The third-order valence-corrected chi connectivity index (χ3v) is 6.89. The fraction of sp³-hybridized carbons (Fsp3) is 0.217. The van der Waals surface area contributed by atoms with E-state index in [1.807, 2.05) is 42.5 Å². The van der Waals surface area contributed by atoms with Crippen molar-refractivity contribution in [3.05, 3.63) is 86.5 Å². The van der Waals surface area contributed by atoms with Crippen molar-refractivity contribution in [3.63, 3.8) is 0 Å². The number of hydrogen-bond donors (Lipinski definition) is 1. The van der Waals surface area contributed by atoms with Gasteiger partial charge in [0.15, 0.2) is 0 Å². The number of rotatable bonds is 6. The number of esters is 1. The van der Waals surface area contributed by atoms with Gasteiger partial charge in [-0.25, -0.2) is 0 Å². The van der Waals surface area contributed by atoms with E-state index in [0.29, 0.717) is 18.0 Å². The monoisotopic (exact) mass is 518 g/mol. The average molecular weight is 518 g/mol. The number of hydrogen-bond acceptors (Lipinski definition) is 4. The first-order valence-corrected chi connectivity index (χ1v) is 11.8. The van der Waals surface area contributed by atoms with Gasteiger partial charge in [0, 0.05) is 0 Å². The molecule has 0 bridgehead atoms. The number of aliphatic imine (C=N–C) groups is 1. The average Bonchev–Trinajstić information content (AvgIpc) is 3.03. The van der Waals surface area contributed by atoms with Gasteiger partial charge in [-0.1, -0.05) is 0 Å². The zero-order chi connectivity index (χ0) is 20.8. The number of nitrogens with zero attached hydrogens (tertiary/aromatic N) is 1. The van der Waals surface area contributed by atoms with E-state index in [9.17, 15) is 4.79 Å². The number of carbonyl (C=O) groups is 1. The summed E-state index contributed by atoms with van der Waals surface area (Å²) < 4.78 is 8.08. The van der Waals surface area contributed by atoms with Crippen molar-refractivity contribution in [2.24, 2.45) is 10.9 Å². The van der Waals surface area contributed by atoms with Gasteiger partial charge in [0.05, 0.1) is 0 Å². The maximum absolute atomic E-state index is 12.7. The van der Waals surface area contributed by atoms with Crippen LogP contribution in [0.3, 0.4) is 0 Å². The van der Waals surface area contributed by atoms with E-state index >= 15 is 0 Å². The Balaban J connectivity index is 2.02. The molecule has 1 aliphatic heterocycles. The van der Waals surface area contributed by atoms with Crippen molar-refractivity contribution in [2.45, 2.75) is 20.4 Å². The second-order valence-corrected chi connectivity index (χ2v) is 9.93. The molecule has 0 atom stereocenters. The topological polar surface area (TPSA) is 50.7 Å². The van der Waals surface area contributed by atoms with Crippen LogP contribution < -0.4 is 5.32 Å². The maximum atomic E-state index is 12.7. The van der Waals surface area contributed by atoms with Crippen LogP contribution in [0.15, 0.2) is 85.9 Å². The van der Waals surface area contributed by atoms with Crippen LogP contribution in [0.5, 0.6) is 0 Å². The Hall–Kier alpha value is -2.14. The van der Waals surface area contributed by atoms with Crippen molar-refractivity contribution in [1.29, 1.82) is 0 Å². The van der Waals surface area contributed by atoms with E-state index in [1.54, 1.807) is 0 Å². The molecule has 0 spiro atoms. The van der Waals surface area contributed by atoms with Gasteiger partial charge in [0.1, 0.15) is 0 Å². The van der Waals surface area contributed by atoms with E-state index in [-0.39, 0.29) is 20.9 Å². The number of methoxy groups -OCH3 is 1. The number of carbonyl (C=O) groups excluding carboxylic acids is 1. The summed E-state index contributed by atoms with van der Waals surface area (Å²) in [6, 6.07) is 18.0. The van der Waals surface area contributed by atoms with Crippen LogP contribution in [0.2, 0.25) is 0 Å². The molecule has 0 aromatic heterocycles. The predicted octanol–water partition coefficient (Wildman–Crippen LogP) is 4.95. The Morgan fingerprint density at radius 3 is 2.48 bits per heavy atom. The van der Waals surface area contributed by atoms with Gasteiger partial charge < -0.3 is 0 Å². The molecule has 4 nitrogen and oxygen atoms in total. The first kappa shape index (κ1) is 21.6. The van der Waals surface area contributed by atoms with Crippen LogP contribution in [0.25, 0.3) is 0 Å². The molecule has 0 amide bonds. The molecule has 0 saturated carbocycles. The molecule has 150 valence electrons. The van der Waals surface area contributed by atoms with E-state index in [0.717, 1.165) is 30.5 Å². The molecule has 3 rings (SSSR count). The Morgan fingerprint density at radius 2 is 1.86 bits per heavy atom. The second kappa shape index (κ2) is 10.1. The van der Waals surface area contributed by atoms with E-state index < -0.39 is 0 Å². The van der Waals surface area contributed by atoms with Crippen LogP contribution in [-0.4, -0.2) is 32.6 Å². The van der Waals surface area contributed by atoms with Gasteiger partial charge in [-0.15, -0.1) is 0 Å².